The molecule has 1 aromatic heterocycles. The van der Waals surface area contributed by atoms with Crippen LogP contribution in [0.25, 0.3) is 0 Å². The SMILES string of the molecule is CC(=O)Nc1ccc(NC(=O)c2cncc(N3CCN(C)CC3)c2)cc1. The van der Waals surface area contributed by atoms with E-state index in [1.54, 1.807) is 36.7 Å². The topological polar surface area (TPSA) is 77.6 Å². The number of carbonyl (C=O) groups excluding carboxylic acids is 2. The van der Waals surface area contributed by atoms with E-state index < -0.39 is 0 Å². The van der Waals surface area contributed by atoms with Crippen LogP contribution in [0.5, 0.6) is 0 Å². The molecule has 1 aliphatic rings. The van der Waals surface area contributed by atoms with E-state index in [9.17, 15) is 9.59 Å². The number of anilines is 3. The van der Waals surface area contributed by atoms with Crippen molar-refractivity contribution in [1.29, 1.82) is 0 Å². The van der Waals surface area contributed by atoms with Crippen molar-refractivity contribution in [2.24, 2.45) is 0 Å². The molecule has 7 heteroatoms. The van der Waals surface area contributed by atoms with Crippen LogP contribution in [0.15, 0.2) is 42.7 Å². The van der Waals surface area contributed by atoms with Crippen LogP contribution in [-0.2, 0) is 4.79 Å². The molecule has 1 aliphatic heterocycles. The molecule has 0 bridgehead atoms. The van der Waals surface area contributed by atoms with E-state index in [-0.39, 0.29) is 11.8 Å². The molecule has 2 N–H and O–H groups in total. The standard InChI is InChI=1S/C19H23N5O2/c1-14(25)21-16-3-5-17(6-4-16)22-19(26)15-11-18(13-20-12-15)24-9-7-23(2)8-10-24/h3-6,11-13H,7-10H2,1-2H3,(H,21,25)(H,22,26). The maximum Gasteiger partial charge on any atom is 0.257 e. The summed E-state index contributed by atoms with van der Waals surface area (Å²) in [5.41, 5.74) is 2.84. The van der Waals surface area contributed by atoms with Gasteiger partial charge in [-0.05, 0) is 37.4 Å². The number of rotatable bonds is 4. The maximum atomic E-state index is 12.5. The van der Waals surface area contributed by atoms with Gasteiger partial charge in [-0.15, -0.1) is 0 Å². The second kappa shape index (κ2) is 7.97. The predicted molar refractivity (Wildman–Crippen MR) is 103 cm³/mol. The molecule has 0 aliphatic carbocycles. The highest BCUT2D eigenvalue weighted by molar-refractivity contribution is 6.04. The highest BCUT2D eigenvalue weighted by Gasteiger charge is 2.16. The Morgan fingerprint density at radius 3 is 2.19 bits per heavy atom. The number of nitrogens with zero attached hydrogens (tertiary/aromatic N) is 3. The third kappa shape index (κ3) is 4.58. The summed E-state index contributed by atoms with van der Waals surface area (Å²) in [6, 6.07) is 8.87. The fourth-order valence-electron chi connectivity index (χ4n) is 2.83. The average molecular weight is 353 g/mol. The van der Waals surface area contributed by atoms with E-state index in [4.69, 9.17) is 0 Å². The quantitative estimate of drug-likeness (QED) is 0.880. The van der Waals surface area contributed by atoms with Crippen LogP contribution in [0.3, 0.4) is 0 Å². The van der Waals surface area contributed by atoms with Gasteiger partial charge in [0, 0.05) is 50.7 Å². The van der Waals surface area contributed by atoms with Crippen molar-refractivity contribution in [1.82, 2.24) is 9.88 Å². The largest absolute Gasteiger partial charge is 0.368 e. The molecule has 2 amide bonds. The van der Waals surface area contributed by atoms with E-state index in [0.717, 1.165) is 31.9 Å². The van der Waals surface area contributed by atoms with Crippen molar-refractivity contribution in [3.63, 3.8) is 0 Å². The van der Waals surface area contributed by atoms with Crippen LogP contribution < -0.4 is 15.5 Å². The smallest absolute Gasteiger partial charge is 0.257 e. The summed E-state index contributed by atoms with van der Waals surface area (Å²) < 4.78 is 0. The van der Waals surface area contributed by atoms with Gasteiger partial charge in [-0.3, -0.25) is 14.6 Å². The summed E-state index contributed by atoms with van der Waals surface area (Å²) in [5.74, 6) is -0.339. The Balaban J connectivity index is 1.66. The zero-order valence-corrected chi connectivity index (χ0v) is 15.0. The number of carbonyl (C=O) groups is 2. The van der Waals surface area contributed by atoms with Crippen LogP contribution in [-0.4, -0.2) is 54.9 Å². The van der Waals surface area contributed by atoms with Gasteiger partial charge in [0.15, 0.2) is 0 Å². The van der Waals surface area contributed by atoms with Crippen LogP contribution in [0.2, 0.25) is 0 Å². The predicted octanol–water partition coefficient (Wildman–Crippen LogP) is 2.04. The summed E-state index contributed by atoms with van der Waals surface area (Å²) in [4.78, 5) is 32.3. The second-order valence-corrected chi connectivity index (χ2v) is 6.43. The molecule has 0 spiro atoms. The molecule has 3 rings (SSSR count). The number of pyridine rings is 1. The molecular formula is C19H23N5O2. The van der Waals surface area contributed by atoms with Crippen LogP contribution in [0.4, 0.5) is 17.1 Å². The number of benzene rings is 1. The minimum Gasteiger partial charge on any atom is -0.368 e. The first-order chi connectivity index (χ1) is 12.5. The first kappa shape index (κ1) is 17.9. The molecule has 1 fully saturated rings. The molecule has 0 unspecified atom stereocenters. The molecule has 2 heterocycles. The van der Waals surface area contributed by atoms with Crippen LogP contribution in [0, 0.1) is 0 Å². The van der Waals surface area contributed by atoms with E-state index in [1.165, 1.54) is 6.92 Å². The molecule has 136 valence electrons. The number of amides is 2. The van der Waals surface area contributed by atoms with Gasteiger partial charge in [-0.2, -0.15) is 0 Å². The van der Waals surface area contributed by atoms with Gasteiger partial charge < -0.3 is 20.4 Å². The number of hydrogen-bond donors (Lipinski definition) is 2. The van der Waals surface area contributed by atoms with Gasteiger partial charge in [0.1, 0.15) is 0 Å². The zero-order chi connectivity index (χ0) is 18.5. The van der Waals surface area contributed by atoms with Crippen molar-refractivity contribution in [2.45, 2.75) is 6.92 Å². The van der Waals surface area contributed by atoms with Gasteiger partial charge in [-0.25, -0.2) is 0 Å². The number of hydrogen-bond acceptors (Lipinski definition) is 5. The minimum atomic E-state index is -0.208. The molecule has 1 aromatic carbocycles. The Morgan fingerprint density at radius 2 is 1.58 bits per heavy atom. The third-order valence-corrected chi connectivity index (χ3v) is 4.32. The van der Waals surface area contributed by atoms with Crippen molar-refractivity contribution in [3.8, 4) is 0 Å². The van der Waals surface area contributed by atoms with Crippen molar-refractivity contribution in [2.75, 3.05) is 48.8 Å². The molecule has 0 radical (unpaired) electrons. The second-order valence-electron chi connectivity index (χ2n) is 6.43. The van der Waals surface area contributed by atoms with Gasteiger partial charge in [0.25, 0.3) is 5.91 Å². The molecule has 1 saturated heterocycles. The highest BCUT2D eigenvalue weighted by atomic mass is 16.2. The lowest BCUT2D eigenvalue weighted by Gasteiger charge is -2.33. The number of likely N-dealkylation sites (N-methyl/N-ethyl adjacent to an activating group) is 1. The Bertz CT molecular complexity index is 783. The molecule has 7 nitrogen and oxygen atoms in total. The summed E-state index contributed by atoms with van der Waals surface area (Å²) >= 11 is 0. The normalized spacial score (nSPS) is 14.8. The van der Waals surface area contributed by atoms with Crippen molar-refractivity contribution in [3.05, 3.63) is 48.3 Å². The van der Waals surface area contributed by atoms with E-state index >= 15 is 0 Å². The monoisotopic (exact) mass is 353 g/mol. The average Bonchev–Trinajstić information content (AvgIpc) is 2.63. The fourth-order valence-corrected chi connectivity index (χ4v) is 2.83. The minimum absolute atomic E-state index is 0.131. The first-order valence-corrected chi connectivity index (χ1v) is 8.59. The van der Waals surface area contributed by atoms with E-state index in [0.29, 0.717) is 16.9 Å². The van der Waals surface area contributed by atoms with Crippen molar-refractivity contribution < 1.29 is 9.59 Å². The Morgan fingerprint density at radius 1 is 0.962 bits per heavy atom. The molecule has 0 saturated carbocycles. The van der Waals surface area contributed by atoms with Gasteiger partial charge in [-0.1, -0.05) is 0 Å². The summed E-state index contributed by atoms with van der Waals surface area (Å²) in [7, 11) is 2.11. The highest BCUT2D eigenvalue weighted by Crippen LogP contribution is 2.18. The maximum absolute atomic E-state index is 12.5. The fraction of sp³-hybridized carbons (Fsp3) is 0.316. The molecule has 2 aromatic rings. The lowest BCUT2D eigenvalue weighted by molar-refractivity contribution is -0.114. The van der Waals surface area contributed by atoms with Crippen LogP contribution in [0.1, 0.15) is 17.3 Å². The summed E-state index contributed by atoms with van der Waals surface area (Å²) in [6.45, 7) is 5.30. The summed E-state index contributed by atoms with van der Waals surface area (Å²) in [6.07, 6.45) is 3.37. The summed E-state index contributed by atoms with van der Waals surface area (Å²) in [5, 5.41) is 5.55. The Labute approximate surface area is 153 Å². The molecular weight excluding hydrogens is 330 g/mol. The van der Waals surface area contributed by atoms with E-state index in [2.05, 4.69) is 32.5 Å². The zero-order valence-electron chi connectivity index (χ0n) is 15.0. The Hall–Kier alpha value is -2.93. The van der Waals surface area contributed by atoms with Crippen molar-refractivity contribution >= 4 is 28.9 Å². The van der Waals surface area contributed by atoms with Gasteiger partial charge in [0.2, 0.25) is 5.91 Å². The lowest BCUT2D eigenvalue weighted by Crippen LogP contribution is -2.44. The Kier molecular flexibility index (Phi) is 5.48. The first-order valence-electron chi connectivity index (χ1n) is 8.59. The van der Waals surface area contributed by atoms with Gasteiger partial charge in [0.05, 0.1) is 17.4 Å². The number of nitrogens with one attached hydrogen (secondary N) is 2. The number of aromatic nitrogens is 1. The molecule has 26 heavy (non-hydrogen) atoms. The van der Waals surface area contributed by atoms with Gasteiger partial charge >= 0.3 is 0 Å². The molecule has 0 atom stereocenters. The number of piperazine rings is 1. The van der Waals surface area contributed by atoms with E-state index in [1.807, 2.05) is 6.07 Å². The van der Waals surface area contributed by atoms with Crippen LogP contribution >= 0.6 is 0 Å². The third-order valence-electron chi connectivity index (χ3n) is 4.32. The lowest BCUT2D eigenvalue weighted by atomic mass is 10.2.